The van der Waals surface area contributed by atoms with Crippen LogP contribution in [0.2, 0.25) is 0 Å². The highest BCUT2D eigenvalue weighted by atomic mass is 32.2. The van der Waals surface area contributed by atoms with E-state index in [0.717, 1.165) is 17.9 Å². The van der Waals surface area contributed by atoms with Gasteiger partial charge in [0.05, 0.1) is 5.75 Å². The molecular weight excluding hydrogens is 253 g/mol. The van der Waals surface area contributed by atoms with Gasteiger partial charge in [0.2, 0.25) is 0 Å². The lowest BCUT2D eigenvalue weighted by molar-refractivity contribution is -0.274. The molecule has 2 nitrogen and oxygen atoms in total. The summed E-state index contributed by atoms with van der Waals surface area (Å²) in [7, 11) is 0. The standard InChI is InChI=1S/C11H11F3O2S/c1-2-17-7-10(15)8-4-3-5-9(6-8)16-11(12,13)14/h3-6H,2,7H2,1H3. The van der Waals surface area contributed by atoms with Gasteiger partial charge >= 0.3 is 6.36 Å². The van der Waals surface area contributed by atoms with E-state index in [0.29, 0.717) is 0 Å². The van der Waals surface area contributed by atoms with E-state index in [1.165, 1.54) is 23.9 Å². The van der Waals surface area contributed by atoms with Crippen LogP contribution in [0.15, 0.2) is 24.3 Å². The third-order valence-electron chi connectivity index (χ3n) is 1.83. The van der Waals surface area contributed by atoms with Crippen LogP contribution in [0.4, 0.5) is 13.2 Å². The number of benzene rings is 1. The summed E-state index contributed by atoms with van der Waals surface area (Å²) in [6, 6.07) is 5.11. The van der Waals surface area contributed by atoms with Crippen molar-refractivity contribution < 1.29 is 22.7 Å². The summed E-state index contributed by atoms with van der Waals surface area (Å²) < 4.78 is 39.6. The normalized spacial score (nSPS) is 11.3. The fraction of sp³-hybridized carbons (Fsp3) is 0.364. The highest BCUT2D eigenvalue weighted by molar-refractivity contribution is 7.99. The van der Waals surface area contributed by atoms with Crippen molar-refractivity contribution in [1.29, 1.82) is 0 Å². The topological polar surface area (TPSA) is 26.3 Å². The molecule has 0 spiro atoms. The van der Waals surface area contributed by atoms with Crippen LogP contribution in [0, 0.1) is 0 Å². The summed E-state index contributed by atoms with van der Waals surface area (Å²) in [5.74, 6) is 0.463. The lowest BCUT2D eigenvalue weighted by Gasteiger charge is -2.09. The monoisotopic (exact) mass is 264 g/mol. The molecule has 0 unspecified atom stereocenters. The molecule has 0 saturated heterocycles. The average Bonchev–Trinajstić information content (AvgIpc) is 2.24. The van der Waals surface area contributed by atoms with Crippen LogP contribution in [0.5, 0.6) is 5.75 Å². The fourth-order valence-corrected chi connectivity index (χ4v) is 1.70. The second-order valence-electron chi connectivity index (χ2n) is 3.14. The van der Waals surface area contributed by atoms with Gasteiger partial charge in [-0.2, -0.15) is 11.8 Å². The highest BCUT2D eigenvalue weighted by Gasteiger charge is 2.31. The number of alkyl halides is 3. The van der Waals surface area contributed by atoms with Gasteiger partial charge < -0.3 is 4.74 Å². The second-order valence-corrected chi connectivity index (χ2v) is 4.41. The molecule has 0 atom stereocenters. The van der Waals surface area contributed by atoms with Gasteiger partial charge in [0.25, 0.3) is 0 Å². The Balaban J connectivity index is 2.75. The predicted octanol–water partition coefficient (Wildman–Crippen LogP) is 3.52. The third kappa shape index (κ3) is 5.12. The molecule has 0 heterocycles. The number of ketones is 1. The number of Topliss-reactive ketones (excluding diaryl/α,β-unsaturated/α-hetero) is 1. The molecule has 1 aromatic carbocycles. The van der Waals surface area contributed by atoms with Crippen molar-refractivity contribution in [2.75, 3.05) is 11.5 Å². The maximum atomic E-state index is 12.0. The first-order valence-corrected chi connectivity index (χ1v) is 6.04. The molecule has 0 aliphatic heterocycles. The van der Waals surface area contributed by atoms with Crippen LogP contribution >= 0.6 is 11.8 Å². The average molecular weight is 264 g/mol. The Kier molecular flexibility index (Phi) is 4.86. The molecule has 0 aromatic heterocycles. The maximum Gasteiger partial charge on any atom is 0.573 e. The molecular formula is C11H11F3O2S. The molecule has 0 aliphatic rings. The van der Waals surface area contributed by atoms with E-state index in [-0.39, 0.29) is 22.8 Å². The van der Waals surface area contributed by atoms with Crippen LogP contribution in [-0.4, -0.2) is 23.7 Å². The summed E-state index contributed by atoms with van der Waals surface area (Å²) in [6.45, 7) is 1.90. The molecule has 0 radical (unpaired) electrons. The second kappa shape index (κ2) is 5.95. The Morgan fingerprint density at radius 1 is 1.41 bits per heavy atom. The molecule has 17 heavy (non-hydrogen) atoms. The number of rotatable bonds is 5. The largest absolute Gasteiger partial charge is 0.573 e. The quantitative estimate of drug-likeness (QED) is 0.761. The number of carbonyl (C=O) groups excluding carboxylic acids is 1. The number of halogens is 3. The number of hydrogen-bond donors (Lipinski definition) is 0. The van der Waals surface area contributed by atoms with Gasteiger partial charge in [0, 0.05) is 5.56 Å². The van der Waals surface area contributed by atoms with E-state index < -0.39 is 6.36 Å². The molecule has 94 valence electrons. The zero-order valence-electron chi connectivity index (χ0n) is 9.08. The van der Waals surface area contributed by atoms with E-state index in [4.69, 9.17) is 0 Å². The van der Waals surface area contributed by atoms with Gasteiger partial charge in [-0.05, 0) is 17.9 Å². The summed E-state index contributed by atoms with van der Waals surface area (Å²) in [4.78, 5) is 11.6. The van der Waals surface area contributed by atoms with Crippen LogP contribution < -0.4 is 4.74 Å². The van der Waals surface area contributed by atoms with Crippen LogP contribution in [0.3, 0.4) is 0 Å². The summed E-state index contributed by atoms with van der Waals surface area (Å²) in [5.41, 5.74) is 0.229. The molecule has 0 bridgehead atoms. The number of hydrogen-bond acceptors (Lipinski definition) is 3. The molecule has 1 aromatic rings. The maximum absolute atomic E-state index is 12.0. The van der Waals surface area contributed by atoms with Gasteiger partial charge in [-0.15, -0.1) is 13.2 Å². The predicted molar refractivity (Wildman–Crippen MR) is 60.5 cm³/mol. The minimum atomic E-state index is -4.74. The van der Waals surface area contributed by atoms with Crippen molar-refractivity contribution in [3.05, 3.63) is 29.8 Å². The highest BCUT2D eigenvalue weighted by Crippen LogP contribution is 2.23. The van der Waals surface area contributed by atoms with Crippen molar-refractivity contribution >= 4 is 17.5 Å². The Hall–Kier alpha value is -1.17. The Bertz CT molecular complexity index is 391. The van der Waals surface area contributed by atoms with Gasteiger partial charge in [-0.1, -0.05) is 19.1 Å². The van der Waals surface area contributed by atoms with Gasteiger partial charge in [-0.3, -0.25) is 4.79 Å². The lowest BCUT2D eigenvalue weighted by Crippen LogP contribution is -2.17. The molecule has 0 saturated carbocycles. The molecule has 6 heteroatoms. The van der Waals surface area contributed by atoms with Crippen molar-refractivity contribution in [3.8, 4) is 5.75 Å². The zero-order chi connectivity index (χ0) is 12.9. The summed E-state index contributed by atoms with van der Waals surface area (Å²) in [6.07, 6.45) is -4.74. The first kappa shape index (κ1) is 13.9. The number of carbonyl (C=O) groups is 1. The Labute approximate surface area is 101 Å². The SMILES string of the molecule is CCSCC(=O)c1cccc(OC(F)(F)F)c1. The molecule has 1 rings (SSSR count). The third-order valence-corrected chi connectivity index (χ3v) is 2.70. The molecule has 0 amide bonds. The van der Waals surface area contributed by atoms with Crippen molar-refractivity contribution in [1.82, 2.24) is 0 Å². The first-order chi connectivity index (χ1) is 7.92. The van der Waals surface area contributed by atoms with E-state index in [2.05, 4.69) is 4.74 Å². The van der Waals surface area contributed by atoms with Crippen molar-refractivity contribution in [2.24, 2.45) is 0 Å². The van der Waals surface area contributed by atoms with Crippen LogP contribution in [0.25, 0.3) is 0 Å². The summed E-state index contributed by atoms with van der Waals surface area (Å²) >= 11 is 1.42. The zero-order valence-corrected chi connectivity index (χ0v) is 9.90. The fourth-order valence-electron chi connectivity index (χ4n) is 1.14. The van der Waals surface area contributed by atoms with E-state index in [1.807, 2.05) is 6.92 Å². The van der Waals surface area contributed by atoms with Gasteiger partial charge in [0.15, 0.2) is 5.78 Å². The summed E-state index contributed by atoms with van der Waals surface area (Å²) in [5, 5.41) is 0. The number of thioether (sulfide) groups is 1. The van der Waals surface area contributed by atoms with Gasteiger partial charge in [-0.25, -0.2) is 0 Å². The van der Waals surface area contributed by atoms with Crippen LogP contribution in [-0.2, 0) is 0 Å². The minimum Gasteiger partial charge on any atom is -0.406 e. The smallest absolute Gasteiger partial charge is 0.406 e. The lowest BCUT2D eigenvalue weighted by atomic mass is 10.1. The van der Waals surface area contributed by atoms with Gasteiger partial charge in [0.1, 0.15) is 5.75 Å². The van der Waals surface area contributed by atoms with E-state index in [9.17, 15) is 18.0 Å². The van der Waals surface area contributed by atoms with E-state index >= 15 is 0 Å². The molecule has 0 N–H and O–H groups in total. The molecule has 0 aliphatic carbocycles. The minimum absolute atomic E-state index is 0.204. The van der Waals surface area contributed by atoms with Crippen molar-refractivity contribution in [3.63, 3.8) is 0 Å². The Morgan fingerprint density at radius 3 is 2.71 bits per heavy atom. The van der Waals surface area contributed by atoms with E-state index in [1.54, 1.807) is 0 Å². The van der Waals surface area contributed by atoms with Crippen molar-refractivity contribution in [2.45, 2.75) is 13.3 Å². The molecule has 0 fully saturated rings. The van der Waals surface area contributed by atoms with Crippen LogP contribution in [0.1, 0.15) is 17.3 Å². The number of ether oxygens (including phenoxy) is 1. The Morgan fingerprint density at radius 2 is 2.12 bits per heavy atom. The first-order valence-electron chi connectivity index (χ1n) is 4.89.